The van der Waals surface area contributed by atoms with Crippen molar-refractivity contribution in [2.75, 3.05) is 13.2 Å². The van der Waals surface area contributed by atoms with Crippen molar-refractivity contribution in [3.05, 3.63) is 102 Å². The lowest BCUT2D eigenvalue weighted by Crippen LogP contribution is -2.09. The van der Waals surface area contributed by atoms with Crippen LogP contribution in [0.5, 0.6) is 11.5 Å². The number of fused-ring (bicyclic) bond motifs is 1. The molecule has 0 saturated carbocycles. The van der Waals surface area contributed by atoms with E-state index in [1.165, 1.54) is 27.6 Å². The van der Waals surface area contributed by atoms with Crippen LogP contribution in [0.1, 0.15) is 16.7 Å². The highest BCUT2D eigenvalue weighted by Gasteiger charge is 2.18. The number of aromatic nitrogens is 3. The van der Waals surface area contributed by atoms with Gasteiger partial charge in [-0.05, 0) is 77.7 Å². The van der Waals surface area contributed by atoms with Crippen LogP contribution in [0.4, 0.5) is 0 Å². The van der Waals surface area contributed by atoms with Crippen molar-refractivity contribution in [1.29, 1.82) is 0 Å². The first kappa shape index (κ1) is 21.7. The lowest BCUT2D eigenvalue weighted by Gasteiger charge is -2.20. The highest BCUT2D eigenvalue weighted by Crippen LogP contribution is 2.39. The molecule has 0 atom stereocenters. The summed E-state index contributed by atoms with van der Waals surface area (Å²) in [6, 6.07) is 22.9. The first-order chi connectivity index (χ1) is 18.3. The Kier molecular flexibility index (Phi) is 5.21. The van der Waals surface area contributed by atoms with Crippen LogP contribution in [0, 0.1) is 6.92 Å². The molecule has 5 heteroatoms. The molecule has 0 saturated heterocycles. The van der Waals surface area contributed by atoms with Crippen LogP contribution in [0.15, 0.2) is 85.3 Å². The van der Waals surface area contributed by atoms with Gasteiger partial charge in [0.2, 0.25) is 0 Å². The van der Waals surface area contributed by atoms with Crippen LogP contribution in [0.3, 0.4) is 0 Å². The van der Waals surface area contributed by atoms with E-state index < -0.39 is 0 Å². The maximum absolute atomic E-state index is 5.85. The fourth-order valence-corrected chi connectivity index (χ4v) is 5.51. The van der Waals surface area contributed by atoms with Crippen LogP contribution in [-0.2, 0) is 12.8 Å². The minimum absolute atomic E-state index is 0.739. The summed E-state index contributed by atoms with van der Waals surface area (Å²) in [6.45, 7) is 3.64. The molecule has 2 aliphatic rings. The van der Waals surface area contributed by atoms with Crippen molar-refractivity contribution in [1.82, 2.24) is 15.0 Å². The van der Waals surface area contributed by atoms with Gasteiger partial charge in [-0.15, -0.1) is 0 Å². The van der Waals surface area contributed by atoms with Gasteiger partial charge in [0.05, 0.1) is 29.8 Å². The van der Waals surface area contributed by atoms with Crippen molar-refractivity contribution in [2.45, 2.75) is 19.8 Å². The van der Waals surface area contributed by atoms with Gasteiger partial charge in [0.25, 0.3) is 0 Å². The van der Waals surface area contributed by atoms with Crippen molar-refractivity contribution < 1.29 is 9.47 Å². The Bertz CT molecular complexity index is 1760. The number of aryl methyl sites for hydroxylation is 1. The Morgan fingerprint density at radius 1 is 0.622 bits per heavy atom. The maximum Gasteiger partial charge on any atom is 0.129 e. The van der Waals surface area contributed by atoms with E-state index in [0.717, 1.165) is 70.4 Å². The fourth-order valence-electron chi connectivity index (χ4n) is 5.51. The van der Waals surface area contributed by atoms with E-state index in [1.54, 1.807) is 0 Å². The van der Waals surface area contributed by atoms with Crippen molar-refractivity contribution >= 4 is 32.7 Å². The lowest BCUT2D eigenvalue weighted by atomic mass is 9.93. The second-order valence-corrected chi connectivity index (χ2v) is 9.50. The maximum atomic E-state index is 5.85. The molecule has 0 aliphatic carbocycles. The average molecular weight is 484 g/mol. The molecule has 0 spiro atoms. The van der Waals surface area contributed by atoms with Crippen LogP contribution >= 0.6 is 0 Å². The van der Waals surface area contributed by atoms with E-state index in [9.17, 15) is 0 Å². The van der Waals surface area contributed by atoms with Gasteiger partial charge in [-0.2, -0.15) is 0 Å². The topological polar surface area (TPSA) is 57.1 Å². The molecule has 0 radical (unpaired) electrons. The molecule has 8 rings (SSSR count). The molecule has 0 amide bonds. The second-order valence-electron chi connectivity index (χ2n) is 9.50. The van der Waals surface area contributed by atoms with E-state index in [1.807, 2.05) is 42.9 Å². The average Bonchev–Trinajstić information content (AvgIpc) is 2.94. The van der Waals surface area contributed by atoms with Crippen molar-refractivity contribution in [2.24, 2.45) is 0 Å². The predicted octanol–water partition coefficient (Wildman–Crippen LogP) is 6.86. The van der Waals surface area contributed by atoms with Gasteiger partial charge < -0.3 is 9.47 Å². The number of rotatable bonds is 1. The minimum atomic E-state index is 0.739. The number of ether oxygens (including phenoxy) is 2. The van der Waals surface area contributed by atoms with Crippen molar-refractivity contribution in [3.63, 3.8) is 0 Å². The van der Waals surface area contributed by atoms with Gasteiger partial charge >= 0.3 is 0 Å². The normalized spacial score (nSPS) is 13.5. The molecule has 5 heterocycles. The molecule has 0 N–H and O–H groups in total. The quantitative estimate of drug-likeness (QED) is 0.256. The Morgan fingerprint density at radius 2 is 1.38 bits per heavy atom. The Hall–Kier alpha value is -4.51. The molecule has 6 aromatic rings. The van der Waals surface area contributed by atoms with Gasteiger partial charge in [0.15, 0.2) is 0 Å². The third-order valence-corrected chi connectivity index (χ3v) is 7.17. The van der Waals surface area contributed by atoms with Gasteiger partial charge in [-0.1, -0.05) is 18.2 Å². The third-order valence-electron chi connectivity index (χ3n) is 7.17. The number of pyridine rings is 3. The Labute approximate surface area is 214 Å². The SMILES string of the molecule is Cc1cc(-c2ccc3c4c(ccnc24)CCO3)c2cccnc2c1.c1cc2c3c(ccnc3c1)CCO2. The zero-order valence-corrected chi connectivity index (χ0v) is 20.6. The number of hydrogen-bond donors (Lipinski definition) is 0. The standard InChI is InChI=1S/C21H16N2O.C11H9NO/c1-13-11-17(15-3-2-8-22-18(15)12-13)16-4-5-19-20-14(7-10-24-19)6-9-23-21(16)20;1-2-9-11-8(4-6-12-9)5-7-13-10(11)3-1/h2-6,8-9,11-12H,7,10H2,1H3;1-4,6H,5,7H2. The van der Waals surface area contributed by atoms with E-state index >= 15 is 0 Å². The Morgan fingerprint density at radius 3 is 2.24 bits per heavy atom. The molecule has 5 nitrogen and oxygen atoms in total. The van der Waals surface area contributed by atoms with Gasteiger partial charge in [0.1, 0.15) is 11.5 Å². The van der Waals surface area contributed by atoms with Crippen LogP contribution in [0.2, 0.25) is 0 Å². The number of hydrogen-bond acceptors (Lipinski definition) is 5. The summed E-state index contributed by atoms with van der Waals surface area (Å²) < 4.78 is 11.4. The fraction of sp³-hybridized carbons (Fsp3) is 0.156. The van der Waals surface area contributed by atoms with Crippen LogP contribution in [0.25, 0.3) is 43.8 Å². The lowest BCUT2D eigenvalue weighted by molar-refractivity contribution is 0.318. The summed E-state index contributed by atoms with van der Waals surface area (Å²) in [7, 11) is 0. The monoisotopic (exact) mass is 483 g/mol. The molecule has 3 aromatic carbocycles. The molecule has 0 unspecified atom stereocenters. The molecular weight excluding hydrogens is 458 g/mol. The summed E-state index contributed by atoms with van der Waals surface area (Å²) in [5.41, 5.74) is 9.26. The summed E-state index contributed by atoms with van der Waals surface area (Å²) >= 11 is 0. The summed E-state index contributed by atoms with van der Waals surface area (Å²) in [4.78, 5) is 13.5. The Balaban J connectivity index is 0.000000149. The van der Waals surface area contributed by atoms with Crippen LogP contribution in [-0.4, -0.2) is 28.2 Å². The smallest absolute Gasteiger partial charge is 0.129 e. The largest absolute Gasteiger partial charge is 0.493 e. The first-order valence-electron chi connectivity index (χ1n) is 12.6. The molecule has 2 aliphatic heterocycles. The first-order valence-corrected chi connectivity index (χ1v) is 12.6. The number of benzene rings is 3. The van der Waals surface area contributed by atoms with Crippen LogP contribution < -0.4 is 9.47 Å². The summed E-state index contributed by atoms with van der Waals surface area (Å²) in [6.07, 6.45) is 7.55. The molecule has 0 fully saturated rings. The molecule has 180 valence electrons. The predicted molar refractivity (Wildman–Crippen MR) is 147 cm³/mol. The van der Waals surface area contributed by atoms with E-state index in [4.69, 9.17) is 14.5 Å². The van der Waals surface area contributed by atoms with Gasteiger partial charge in [-0.3, -0.25) is 15.0 Å². The van der Waals surface area contributed by atoms with E-state index in [2.05, 4.69) is 59.4 Å². The highest BCUT2D eigenvalue weighted by molar-refractivity contribution is 6.06. The summed E-state index contributed by atoms with van der Waals surface area (Å²) in [5, 5.41) is 3.50. The highest BCUT2D eigenvalue weighted by atomic mass is 16.5. The van der Waals surface area contributed by atoms with Gasteiger partial charge in [-0.25, -0.2) is 0 Å². The van der Waals surface area contributed by atoms with Gasteiger partial charge in [0, 0.05) is 53.2 Å². The van der Waals surface area contributed by atoms with Crippen molar-refractivity contribution in [3.8, 4) is 22.6 Å². The number of nitrogens with zero attached hydrogens (tertiary/aromatic N) is 3. The third kappa shape index (κ3) is 3.75. The molecule has 0 bridgehead atoms. The van der Waals surface area contributed by atoms with E-state index in [-0.39, 0.29) is 0 Å². The molecule has 3 aromatic heterocycles. The summed E-state index contributed by atoms with van der Waals surface area (Å²) in [5.74, 6) is 1.92. The zero-order valence-electron chi connectivity index (χ0n) is 20.6. The minimum Gasteiger partial charge on any atom is -0.493 e. The second kappa shape index (κ2) is 8.86. The zero-order chi connectivity index (χ0) is 24.8. The molecule has 37 heavy (non-hydrogen) atoms. The molecular formula is C32H25N3O2. The van der Waals surface area contributed by atoms with E-state index in [0.29, 0.717) is 0 Å².